The van der Waals surface area contributed by atoms with Gasteiger partial charge in [0.25, 0.3) is 0 Å². The summed E-state index contributed by atoms with van der Waals surface area (Å²) in [6, 6.07) is 0. The van der Waals surface area contributed by atoms with E-state index in [2.05, 4.69) is 40.3 Å². The molecule has 0 amide bonds. The largest absolute Gasteiger partial charge is 0.458 e. The second-order valence-electron chi connectivity index (χ2n) is 18.0. The summed E-state index contributed by atoms with van der Waals surface area (Å²) in [5, 5.41) is 23.6. The lowest BCUT2D eigenvalue weighted by atomic mass is 9.58. The molecule has 0 saturated carbocycles. The van der Waals surface area contributed by atoms with E-state index in [1.165, 1.54) is 22.4 Å². The quantitative estimate of drug-likeness (QED) is 0.212. The van der Waals surface area contributed by atoms with Crippen LogP contribution in [0.1, 0.15) is 138 Å². The van der Waals surface area contributed by atoms with Crippen LogP contribution in [-0.4, -0.2) is 70.0 Å². The van der Waals surface area contributed by atoms with Crippen molar-refractivity contribution in [2.75, 3.05) is 6.54 Å². The van der Waals surface area contributed by atoms with E-state index in [1.807, 2.05) is 13.8 Å². The van der Waals surface area contributed by atoms with E-state index < -0.39 is 23.3 Å². The molecule has 4 saturated heterocycles. The Morgan fingerprint density at radius 2 is 1.78 bits per heavy atom. The lowest BCUT2D eigenvalue weighted by molar-refractivity contribution is -0.387. The van der Waals surface area contributed by atoms with Crippen LogP contribution in [0.25, 0.3) is 0 Å². The van der Waals surface area contributed by atoms with Crippen molar-refractivity contribution in [1.82, 2.24) is 0 Å². The van der Waals surface area contributed by atoms with E-state index in [4.69, 9.17) is 23.9 Å². The van der Waals surface area contributed by atoms with Crippen molar-refractivity contribution in [3.05, 3.63) is 34.9 Å². The summed E-state index contributed by atoms with van der Waals surface area (Å²) >= 11 is 0. The number of allylic oxidation sites excluding steroid dienone is 2. The highest BCUT2D eigenvalue weighted by atomic mass is 16.8. The first-order valence-corrected chi connectivity index (χ1v) is 19.9. The van der Waals surface area contributed by atoms with Gasteiger partial charge in [0, 0.05) is 55.7 Å². The maximum absolute atomic E-state index is 12.6. The molecule has 1 aliphatic carbocycles. The third-order valence-electron chi connectivity index (χ3n) is 14.1. The van der Waals surface area contributed by atoms with Gasteiger partial charge >= 0.3 is 5.97 Å². The number of esters is 1. The van der Waals surface area contributed by atoms with Gasteiger partial charge in [-0.15, -0.1) is 0 Å². The maximum Gasteiger partial charge on any atom is 0.309 e. The Labute approximate surface area is 300 Å². The highest BCUT2D eigenvalue weighted by Gasteiger charge is 2.64. The van der Waals surface area contributed by atoms with Crippen LogP contribution in [0.2, 0.25) is 0 Å². The van der Waals surface area contributed by atoms with Gasteiger partial charge in [0.15, 0.2) is 5.79 Å². The normalized spacial score (nSPS) is 48.6. The van der Waals surface area contributed by atoms with Crippen molar-refractivity contribution in [3.63, 3.8) is 0 Å². The zero-order chi connectivity index (χ0) is 35.6. The Kier molecular flexibility index (Phi) is 9.89. The molecule has 4 fully saturated rings. The van der Waals surface area contributed by atoms with Crippen LogP contribution in [0.15, 0.2) is 39.9 Å². The lowest BCUT2D eigenvalue weighted by Gasteiger charge is -2.49. The summed E-state index contributed by atoms with van der Waals surface area (Å²) in [5.41, 5.74) is 4.75. The molecule has 278 valence electrons. The van der Waals surface area contributed by atoms with E-state index in [-0.39, 0.29) is 47.4 Å². The van der Waals surface area contributed by atoms with Gasteiger partial charge in [-0.2, -0.15) is 0 Å². The van der Waals surface area contributed by atoms with E-state index >= 15 is 0 Å². The molecule has 4 bridgehead atoms. The van der Waals surface area contributed by atoms with Crippen LogP contribution >= 0.6 is 0 Å². The van der Waals surface area contributed by atoms with Gasteiger partial charge in [-0.3, -0.25) is 9.79 Å². The van der Waals surface area contributed by atoms with Crippen LogP contribution in [0.5, 0.6) is 0 Å². The Morgan fingerprint density at radius 1 is 0.980 bits per heavy atom. The molecule has 0 radical (unpaired) electrons. The topological polar surface area (TPSA) is 107 Å². The fraction of sp³-hybridized carbons (Fsp3) is 0.810. The van der Waals surface area contributed by atoms with E-state index in [9.17, 15) is 15.0 Å². The van der Waals surface area contributed by atoms with Gasteiger partial charge in [0.05, 0.1) is 24.2 Å². The third kappa shape index (κ3) is 6.52. The van der Waals surface area contributed by atoms with Crippen molar-refractivity contribution >= 4 is 11.7 Å². The SMILES string of the molecule is C=C1CCCC2=NC[C@H](C)CC[C@@]23CCC([C@@H]2C[C@H](C)C(=O)O2)=C(C)[C@@H]3/C=C(/C)[C@H](O)C[C@H]2O[C@]3(CC[C@@]4(O[C@@H](CC[C@@]4(C)O)C1)O3)C[C@H]2C. The number of ether oxygens (including phenoxy) is 4. The number of rotatable bonds is 1. The van der Waals surface area contributed by atoms with Crippen molar-refractivity contribution in [2.45, 2.75) is 179 Å². The average Bonchev–Trinajstić information content (AvgIpc) is 3.65. The van der Waals surface area contributed by atoms with Crippen LogP contribution in [-0.2, 0) is 23.7 Å². The fourth-order valence-corrected chi connectivity index (χ4v) is 10.8. The van der Waals surface area contributed by atoms with Crippen LogP contribution < -0.4 is 0 Å². The van der Waals surface area contributed by atoms with E-state index in [0.717, 1.165) is 76.3 Å². The Balaban J connectivity index is 1.26. The molecular formula is C42H63NO7. The Morgan fingerprint density at radius 3 is 2.54 bits per heavy atom. The first-order chi connectivity index (χ1) is 23.6. The van der Waals surface area contributed by atoms with Crippen molar-refractivity contribution in [3.8, 4) is 0 Å². The monoisotopic (exact) mass is 693 g/mol. The van der Waals surface area contributed by atoms with Gasteiger partial charge in [-0.1, -0.05) is 44.6 Å². The molecule has 7 rings (SSSR count). The summed E-state index contributed by atoms with van der Waals surface area (Å²) in [6.07, 6.45) is 13.4. The van der Waals surface area contributed by atoms with Crippen molar-refractivity contribution in [2.24, 2.45) is 34.1 Å². The number of aliphatic hydroxyl groups excluding tert-OH is 1. The predicted molar refractivity (Wildman–Crippen MR) is 193 cm³/mol. The van der Waals surface area contributed by atoms with Crippen LogP contribution in [0.3, 0.4) is 0 Å². The van der Waals surface area contributed by atoms with Crippen LogP contribution in [0.4, 0.5) is 0 Å². The number of carbonyl (C=O) groups excluding carboxylic acids is 1. The molecular weight excluding hydrogens is 630 g/mol. The average molecular weight is 694 g/mol. The molecule has 7 aliphatic rings. The minimum atomic E-state index is -1.12. The zero-order valence-electron chi connectivity index (χ0n) is 31.6. The van der Waals surface area contributed by atoms with Gasteiger partial charge < -0.3 is 29.2 Å². The summed E-state index contributed by atoms with van der Waals surface area (Å²) in [4.78, 5) is 18.0. The number of hydrogen-bond donors (Lipinski definition) is 2. The van der Waals surface area contributed by atoms with Crippen LogP contribution in [0, 0.1) is 29.1 Å². The number of fused-ring (bicyclic) bond motifs is 2. The second-order valence-corrected chi connectivity index (χ2v) is 18.0. The molecule has 3 spiro atoms. The number of aliphatic imine (C=N–C) groups is 1. The summed E-state index contributed by atoms with van der Waals surface area (Å²) in [7, 11) is 0. The summed E-state index contributed by atoms with van der Waals surface area (Å²) in [6.45, 7) is 18.0. The second kappa shape index (κ2) is 13.5. The molecule has 12 atom stereocenters. The van der Waals surface area contributed by atoms with Crippen molar-refractivity contribution < 1.29 is 34.0 Å². The number of aliphatic hydroxyl groups is 2. The van der Waals surface area contributed by atoms with Gasteiger partial charge in [0.2, 0.25) is 5.79 Å². The number of cyclic esters (lactones) is 1. The molecule has 0 aromatic rings. The van der Waals surface area contributed by atoms with E-state index in [0.29, 0.717) is 38.0 Å². The molecule has 0 aromatic heterocycles. The van der Waals surface area contributed by atoms with E-state index in [1.54, 1.807) is 0 Å². The molecule has 8 heteroatoms. The molecule has 8 nitrogen and oxygen atoms in total. The molecule has 6 aliphatic heterocycles. The highest BCUT2D eigenvalue weighted by Crippen LogP contribution is 2.57. The van der Waals surface area contributed by atoms with Gasteiger partial charge in [-0.25, -0.2) is 0 Å². The Hall–Kier alpha value is -1.84. The molecule has 0 aromatic carbocycles. The molecule has 2 N–H and O–H groups in total. The Bertz CT molecular complexity index is 1450. The van der Waals surface area contributed by atoms with Gasteiger partial charge in [-0.05, 0) is 108 Å². The number of nitrogens with zero attached hydrogens (tertiary/aromatic N) is 1. The highest BCUT2D eigenvalue weighted by molar-refractivity contribution is 5.92. The fourth-order valence-electron chi connectivity index (χ4n) is 10.8. The first-order valence-electron chi connectivity index (χ1n) is 19.9. The minimum absolute atomic E-state index is 0.0611. The molecule has 50 heavy (non-hydrogen) atoms. The molecule has 6 heterocycles. The minimum Gasteiger partial charge on any atom is -0.458 e. The summed E-state index contributed by atoms with van der Waals surface area (Å²) < 4.78 is 26.3. The predicted octanol–water partition coefficient (Wildman–Crippen LogP) is 7.91. The maximum atomic E-state index is 12.6. The first kappa shape index (κ1) is 36.5. The standard InChI is InChI=1S/C42H63NO7/c1-25-9-8-10-37-40(15-11-26(2)24-43-37)16-13-32(36-21-28(4)38(45)47-36)30(6)33(40)20-27(3)34(44)22-35-29(5)23-41(49-35)17-18-42(50-41)39(7,46)14-12-31(19-25)48-42/h20,26,28-29,31,33-36,44,46H,1,8-19,21-24H2,2-7H3/b27-20-/t26-,28+,29-,31+,33+,34-,35-,36+,39-,40+,41+,42-/m1/s1. The zero-order valence-corrected chi connectivity index (χ0v) is 31.6. The molecule has 0 unspecified atom stereocenters. The lowest BCUT2D eigenvalue weighted by Crippen LogP contribution is -2.60. The number of hydrogen-bond acceptors (Lipinski definition) is 8. The third-order valence-corrected chi connectivity index (χ3v) is 14.1. The number of carbonyl (C=O) groups is 1. The van der Waals surface area contributed by atoms with Gasteiger partial charge in [0.1, 0.15) is 11.7 Å². The smallest absolute Gasteiger partial charge is 0.309 e. The summed E-state index contributed by atoms with van der Waals surface area (Å²) in [5.74, 6) is -1.36. The van der Waals surface area contributed by atoms with Crippen molar-refractivity contribution in [1.29, 1.82) is 0 Å².